The number of ether oxygens (including phenoxy) is 1. The molecule has 4 aromatic rings. The third-order valence-electron chi connectivity index (χ3n) is 4.29. The Morgan fingerprint density at radius 1 is 1.13 bits per heavy atom. The molecule has 2 N–H and O–H groups in total. The lowest BCUT2D eigenvalue weighted by Gasteiger charge is -2.07. The van der Waals surface area contributed by atoms with Crippen LogP contribution in [0.3, 0.4) is 0 Å². The fourth-order valence-electron chi connectivity index (χ4n) is 2.77. The normalized spacial score (nSPS) is 11.1. The van der Waals surface area contributed by atoms with Gasteiger partial charge in [0.25, 0.3) is 5.91 Å². The Bertz CT molecular complexity index is 1170. The molecule has 0 aliphatic carbocycles. The standard InChI is InChI=1S/C23H19ClN4O2S/c24-18-10-8-16(9-11-18)14-30-19-5-3-4-17(12-19)13-25-28-22(29)15-31-23-26-20-6-1-2-7-21(20)27-23/h1-13H,14-15H2,(H,26,27)(H,28,29)/b25-13-. The molecule has 1 heterocycles. The Kier molecular flexibility index (Phi) is 6.86. The number of hydrogen-bond acceptors (Lipinski definition) is 5. The zero-order chi connectivity index (χ0) is 21.5. The predicted molar refractivity (Wildman–Crippen MR) is 125 cm³/mol. The number of hydrazone groups is 1. The second kappa shape index (κ2) is 10.1. The molecule has 8 heteroatoms. The van der Waals surface area contributed by atoms with Crippen LogP contribution in [-0.2, 0) is 11.4 Å². The highest BCUT2D eigenvalue weighted by Gasteiger charge is 2.06. The minimum Gasteiger partial charge on any atom is -0.489 e. The van der Waals surface area contributed by atoms with E-state index in [0.717, 1.165) is 22.2 Å². The van der Waals surface area contributed by atoms with Gasteiger partial charge in [0.05, 0.1) is 23.0 Å². The summed E-state index contributed by atoms with van der Waals surface area (Å²) in [6, 6.07) is 22.7. The van der Waals surface area contributed by atoms with Gasteiger partial charge < -0.3 is 9.72 Å². The van der Waals surface area contributed by atoms with Crippen LogP contribution in [0, 0.1) is 0 Å². The highest BCUT2D eigenvalue weighted by atomic mass is 35.5. The number of nitrogens with zero attached hydrogens (tertiary/aromatic N) is 2. The molecule has 31 heavy (non-hydrogen) atoms. The summed E-state index contributed by atoms with van der Waals surface area (Å²) in [7, 11) is 0. The second-order valence-corrected chi connectivity index (χ2v) is 8.03. The molecule has 0 fully saturated rings. The summed E-state index contributed by atoms with van der Waals surface area (Å²) in [4.78, 5) is 19.7. The van der Waals surface area contributed by atoms with Crippen LogP contribution in [0.15, 0.2) is 83.1 Å². The maximum Gasteiger partial charge on any atom is 0.250 e. The molecule has 1 aromatic heterocycles. The van der Waals surface area contributed by atoms with E-state index >= 15 is 0 Å². The van der Waals surface area contributed by atoms with E-state index < -0.39 is 0 Å². The topological polar surface area (TPSA) is 79.4 Å². The van der Waals surface area contributed by atoms with Gasteiger partial charge in [-0.25, -0.2) is 10.4 Å². The molecule has 0 atom stereocenters. The Balaban J connectivity index is 1.25. The smallest absolute Gasteiger partial charge is 0.250 e. The van der Waals surface area contributed by atoms with Crippen molar-refractivity contribution in [2.45, 2.75) is 11.8 Å². The van der Waals surface area contributed by atoms with E-state index in [9.17, 15) is 4.79 Å². The fraction of sp³-hybridized carbons (Fsp3) is 0.0870. The Morgan fingerprint density at radius 2 is 1.97 bits per heavy atom. The molecular weight excluding hydrogens is 432 g/mol. The van der Waals surface area contributed by atoms with Gasteiger partial charge in [0.15, 0.2) is 5.16 Å². The van der Waals surface area contributed by atoms with Gasteiger partial charge in [-0.1, -0.05) is 59.8 Å². The zero-order valence-electron chi connectivity index (χ0n) is 16.4. The maximum absolute atomic E-state index is 12.1. The molecule has 3 aromatic carbocycles. The van der Waals surface area contributed by atoms with E-state index in [1.807, 2.05) is 72.8 Å². The molecule has 1 amide bonds. The summed E-state index contributed by atoms with van der Waals surface area (Å²) >= 11 is 7.22. The molecule has 0 saturated heterocycles. The first kappa shape index (κ1) is 21.0. The van der Waals surface area contributed by atoms with Crippen LogP contribution in [0.2, 0.25) is 5.02 Å². The van der Waals surface area contributed by atoms with Crippen LogP contribution in [-0.4, -0.2) is 27.8 Å². The highest BCUT2D eigenvalue weighted by Crippen LogP contribution is 2.19. The van der Waals surface area contributed by atoms with Crippen molar-refractivity contribution in [3.8, 4) is 5.75 Å². The maximum atomic E-state index is 12.1. The number of amides is 1. The first-order valence-electron chi connectivity index (χ1n) is 9.52. The Labute approximate surface area is 188 Å². The third-order valence-corrected chi connectivity index (χ3v) is 5.41. The Hall–Kier alpha value is -3.29. The molecule has 0 aliphatic heterocycles. The van der Waals surface area contributed by atoms with Crippen molar-refractivity contribution in [3.63, 3.8) is 0 Å². The molecule has 0 unspecified atom stereocenters. The van der Waals surface area contributed by atoms with Gasteiger partial charge in [-0.05, 0) is 47.5 Å². The highest BCUT2D eigenvalue weighted by molar-refractivity contribution is 7.99. The summed E-state index contributed by atoms with van der Waals surface area (Å²) in [5.41, 5.74) is 6.20. The number of carbonyl (C=O) groups excluding carboxylic acids is 1. The first-order chi connectivity index (χ1) is 15.2. The average Bonchev–Trinajstić information content (AvgIpc) is 3.21. The number of thioether (sulfide) groups is 1. The lowest BCUT2D eigenvalue weighted by molar-refractivity contribution is -0.118. The summed E-state index contributed by atoms with van der Waals surface area (Å²) in [5, 5.41) is 5.42. The number of benzene rings is 3. The molecule has 0 spiro atoms. The van der Waals surface area contributed by atoms with Crippen LogP contribution in [0.4, 0.5) is 0 Å². The summed E-state index contributed by atoms with van der Waals surface area (Å²) in [6.07, 6.45) is 1.58. The van der Waals surface area contributed by atoms with Gasteiger partial charge in [0, 0.05) is 5.02 Å². The average molecular weight is 451 g/mol. The number of nitrogens with one attached hydrogen (secondary N) is 2. The van der Waals surface area contributed by atoms with Gasteiger partial charge >= 0.3 is 0 Å². The molecule has 6 nitrogen and oxygen atoms in total. The number of rotatable bonds is 8. The van der Waals surface area contributed by atoms with Crippen molar-refractivity contribution in [1.82, 2.24) is 15.4 Å². The second-order valence-electron chi connectivity index (χ2n) is 6.63. The van der Waals surface area contributed by atoms with E-state index in [0.29, 0.717) is 22.5 Å². The van der Waals surface area contributed by atoms with E-state index in [2.05, 4.69) is 20.5 Å². The SMILES string of the molecule is O=C(CSc1nc2ccccc2[nH]1)N/N=C\c1cccc(OCc2ccc(Cl)cc2)c1. The van der Waals surface area contributed by atoms with Gasteiger partial charge in [-0.15, -0.1) is 0 Å². The van der Waals surface area contributed by atoms with E-state index in [1.165, 1.54) is 11.8 Å². The number of para-hydroxylation sites is 2. The van der Waals surface area contributed by atoms with Crippen molar-refractivity contribution in [2.75, 3.05) is 5.75 Å². The van der Waals surface area contributed by atoms with Crippen LogP contribution < -0.4 is 10.2 Å². The lowest BCUT2D eigenvalue weighted by atomic mass is 10.2. The van der Waals surface area contributed by atoms with E-state index in [1.54, 1.807) is 6.21 Å². The van der Waals surface area contributed by atoms with Crippen molar-refractivity contribution in [3.05, 3.63) is 88.9 Å². The number of halogens is 1. The number of fused-ring (bicyclic) bond motifs is 1. The van der Waals surface area contributed by atoms with Crippen LogP contribution >= 0.6 is 23.4 Å². The minimum absolute atomic E-state index is 0.210. The van der Waals surface area contributed by atoms with Crippen LogP contribution in [0.5, 0.6) is 5.75 Å². The largest absolute Gasteiger partial charge is 0.489 e. The van der Waals surface area contributed by atoms with E-state index in [-0.39, 0.29) is 11.7 Å². The van der Waals surface area contributed by atoms with Crippen LogP contribution in [0.1, 0.15) is 11.1 Å². The van der Waals surface area contributed by atoms with Crippen molar-refractivity contribution in [2.24, 2.45) is 5.10 Å². The molecule has 4 rings (SSSR count). The summed E-state index contributed by atoms with van der Waals surface area (Å²) in [6.45, 7) is 0.438. The predicted octanol–water partition coefficient (Wildman–Crippen LogP) is 5.04. The summed E-state index contributed by atoms with van der Waals surface area (Å²) in [5.74, 6) is 0.712. The van der Waals surface area contributed by atoms with Gasteiger partial charge in [-0.2, -0.15) is 5.10 Å². The number of aromatic nitrogens is 2. The summed E-state index contributed by atoms with van der Waals surface area (Å²) < 4.78 is 5.81. The molecule has 156 valence electrons. The lowest BCUT2D eigenvalue weighted by Crippen LogP contribution is -2.19. The number of hydrogen-bond donors (Lipinski definition) is 2. The Morgan fingerprint density at radius 3 is 2.81 bits per heavy atom. The van der Waals surface area contributed by atoms with Crippen molar-refractivity contribution < 1.29 is 9.53 Å². The third kappa shape index (κ3) is 6.10. The number of carbonyl (C=O) groups is 1. The number of H-pyrrole nitrogens is 1. The monoisotopic (exact) mass is 450 g/mol. The quantitative estimate of drug-likeness (QED) is 0.224. The zero-order valence-corrected chi connectivity index (χ0v) is 18.0. The van der Waals surface area contributed by atoms with Crippen molar-refractivity contribution in [1.29, 1.82) is 0 Å². The number of aromatic amines is 1. The van der Waals surface area contributed by atoms with Gasteiger partial charge in [0.2, 0.25) is 0 Å². The first-order valence-corrected chi connectivity index (χ1v) is 10.9. The molecule has 0 saturated carbocycles. The molecule has 0 bridgehead atoms. The molecule has 0 radical (unpaired) electrons. The fourth-order valence-corrected chi connectivity index (χ4v) is 3.58. The minimum atomic E-state index is -0.211. The van der Waals surface area contributed by atoms with Gasteiger partial charge in [-0.3, -0.25) is 4.79 Å². The van der Waals surface area contributed by atoms with Gasteiger partial charge in [0.1, 0.15) is 12.4 Å². The molecule has 0 aliphatic rings. The van der Waals surface area contributed by atoms with E-state index in [4.69, 9.17) is 16.3 Å². The molecular formula is C23H19ClN4O2S. The number of imidazole rings is 1. The van der Waals surface area contributed by atoms with Crippen LogP contribution in [0.25, 0.3) is 11.0 Å². The van der Waals surface area contributed by atoms with Crippen molar-refractivity contribution >= 4 is 46.5 Å².